The molecule has 0 fully saturated rings. The second-order valence-corrected chi connectivity index (χ2v) is 8.54. The molecule has 2 aromatic heterocycles. The maximum atomic E-state index is 4.82. The molecule has 3 nitrogen and oxygen atoms in total. The third-order valence-corrected chi connectivity index (χ3v) is 6.41. The van der Waals surface area contributed by atoms with Crippen LogP contribution in [0.15, 0.2) is 48.8 Å². The molecular weight excluding hydrogens is 326 g/mol. The molecular formula is C21H23N3S. The van der Waals surface area contributed by atoms with Gasteiger partial charge in [0.15, 0.2) is 0 Å². The fourth-order valence-electron chi connectivity index (χ4n) is 3.30. The SMILES string of the molecule is CC(CCC(C)(C)c1ccc2[nH]cnc2c1)c1nc2ccccc2s1. The second kappa shape index (κ2) is 6.26. The lowest BCUT2D eigenvalue weighted by Crippen LogP contribution is -2.18. The van der Waals surface area contributed by atoms with Gasteiger partial charge in [0.1, 0.15) is 0 Å². The van der Waals surface area contributed by atoms with E-state index in [4.69, 9.17) is 4.98 Å². The van der Waals surface area contributed by atoms with Crippen LogP contribution < -0.4 is 0 Å². The Morgan fingerprint density at radius 1 is 1.12 bits per heavy atom. The van der Waals surface area contributed by atoms with E-state index in [0.717, 1.165) is 29.4 Å². The number of rotatable bonds is 5. The van der Waals surface area contributed by atoms with E-state index in [9.17, 15) is 0 Å². The monoisotopic (exact) mass is 349 g/mol. The number of hydrogen-bond donors (Lipinski definition) is 1. The Bertz CT molecular complexity index is 979. The molecule has 0 aliphatic carbocycles. The van der Waals surface area contributed by atoms with Gasteiger partial charge < -0.3 is 4.98 Å². The van der Waals surface area contributed by atoms with Crippen LogP contribution in [0.1, 0.15) is 50.1 Å². The van der Waals surface area contributed by atoms with E-state index in [1.54, 1.807) is 6.33 Å². The molecule has 0 spiro atoms. The minimum atomic E-state index is 0.123. The predicted octanol–water partition coefficient (Wildman–Crippen LogP) is 6.03. The molecule has 128 valence electrons. The van der Waals surface area contributed by atoms with Crippen LogP contribution in [0.2, 0.25) is 0 Å². The highest BCUT2D eigenvalue weighted by Crippen LogP contribution is 2.35. The summed E-state index contributed by atoms with van der Waals surface area (Å²) in [5.41, 5.74) is 4.74. The minimum absolute atomic E-state index is 0.123. The summed E-state index contributed by atoms with van der Waals surface area (Å²) in [5.74, 6) is 0.478. The standard InChI is InChI=1S/C21H23N3S/c1-14(20-24-17-6-4-5-7-19(17)25-20)10-11-21(2,3)15-8-9-16-18(12-15)23-13-22-16/h4-9,12-14H,10-11H2,1-3H3,(H,22,23). The Morgan fingerprint density at radius 3 is 2.80 bits per heavy atom. The number of thiazole rings is 1. The summed E-state index contributed by atoms with van der Waals surface area (Å²) in [6.07, 6.45) is 4.02. The first-order valence-electron chi connectivity index (χ1n) is 8.82. The lowest BCUT2D eigenvalue weighted by Gasteiger charge is -2.26. The molecule has 1 unspecified atom stereocenters. The van der Waals surface area contributed by atoms with Crippen molar-refractivity contribution in [3.63, 3.8) is 0 Å². The quantitative estimate of drug-likeness (QED) is 0.477. The fourth-order valence-corrected chi connectivity index (χ4v) is 4.35. The van der Waals surface area contributed by atoms with Crippen LogP contribution in [-0.2, 0) is 5.41 Å². The van der Waals surface area contributed by atoms with Gasteiger partial charge in [-0.15, -0.1) is 11.3 Å². The molecule has 0 amide bonds. The second-order valence-electron chi connectivity index (χ2n) is 7.48. The first kappa shape index (κ1) is 16.3. The Balaban J connectivity index is 1.50. The summed E-state index contributed by atoms with van der Waals surface area (Å²) in [5, 5.41) is 1.25. The maximum Gasteiger partial charge on any atom is 0.0966 e. The van der Waals surface area contributed by atoms with Gasteiger partial charge in [0.2, 0.25) is 0 Å². The van der Waals surface area contributed by atoms with Gasteiger partial charge in [-0.1, -0.05) is 39.0 Å². The van der Waals surface area contributed by atoms with Crippen molar-refractivity contribution in [2.75, 3.05) is 0 Å². The summed E-state index contributed by atoms with van der Waals surface area (Å²) in [7, 11) is 0. The number of para-hydroxylation sites is 1. The summed E-state index contributed by atoms with van der Waals surface area (Å²) < 4.78 is 1.28. The number of aromatic nitrogens is 3. The van der Waals surface area contributed by atoms with E-state index in [0.29, 0.717) is 5.92 Å². The number of benzene rings is 2. The molecule has 0 aliphatic rings. The van der Waals surface area contributed by atoms with Gasteiger partial charge in [0.25, 0.3) is 0 Å². The highest BCUT2D eigenvalue weighted by atomic mass is 32.1. The van der Waals surface area contributed by atoms with E-state index < -0.39 is 0 Å². The van der Waals surface area contributed by atoms with E-state index in [1.807, 2.05) is 11.3 Å². The topological polar surface area (TPSA) is 41.6 Å². The number of aromatic amines is 1. The van der Waals surface area contributed by atoms with Crippen LogP contribution in [0.3, 0.4) is 0 Å². The lowest BCUT2D eigenvalue weighted by atomic mass is 9.79. The van der Waals surface area contributed by atoms with Crippen molar-refractivity contribution in [1.29, 1.82) is 0 Å². The molecule has 25 heavy (non-hydrogen) atoms. The summed E-state index contributed by atoms with van der Waals surface area (Å²) in [6.45, 7) is 6.95. The van der Waals surface area contributed by atoms with Crippen molar-refractivity contribution in [1.82, 2.24) is 15.0 Å². The zero-order chi connectivity index (χ0) is 17.4. The average Bonchev–Trinajstić information content (AvgIpc) is 3.25. The number of imidazole rings is 1. The van der Waals surface area contributed by atoms with Gasteiger partial charge in [0.05, 0.1) is 32.6 Å². The third kappa shape index (κ3) is 3.19. The lowest BCUT2D eigenvalue weighted by molar-refractivity contribution is 0.439. The minimum Gasteiger partial charge on any atom is -0.345 e. The molecule has 0 bridgehead atoms. The summed E-state index contributed by atoms with van der Waals surface area (Å²) >= 11 is 1.83. The number of nitrogens with one attached hydrogen (secondary N) is 1. The smallest absolute Gasteiger partial charge is 0.0966 e. The Hall–Kier alpha value is -2.20. The van der Waals surface area contributed by atoms with Gasteiger partial charge in [-0.2, -0.15) is 0 Å². The van der Waals surface area contributed by atoms with Crippen molar-refractivity contribution in [2.24, 2.45) is 0 Å². The Morgan fingerprint density at radius 2 is 1.96 bits per heavy atom. The zero-order valence-electron chi connectivity index (χ0n) is 14.9. The molecule has 2 aromatic carbocycles. The van der Waals surface area contributed by atoms with Gasteiger partial charge in [0, 0.05) is 5.92 Å². The van der Waals surface area contributed by atoms with E-state index in [-0.39, 0.29) is 5.41 Å². The van der Waals surface area contributed by atoms with Gasteiger partial charge in [-0.25, -0.2) is 9.97 Å². The van der Waals surface area contributed by atoms with Crippen LogP contribution in [0.25, 0.3) is 21.3 Å². The van der Waals surface area contributed by atoms with E-state index in [2.05, 4.69) is 73.2 Å². The van der Waals surface area contributed by atoms with Crippen molar-refractivity contribution < 1.29 is 0 Å². The molecule has 1 N–H and O–H groups in total. The van der Waals surface area contributed by atoms with Gasteiger partial charge in [-0.3, -0.25) is 0 Å². The molecule has 2 heterocycles. The molecule has 1 atom stereocenters. The van der Waals surface area contributed by atoms with Crippen LogP contribution >= 0.6 is 11.3 Å². The summed E-state index contributed by atoms with van der Waals surface area (Å²) in [6, 6.07) is 15.0. The van der Waals surface area contributed by atoms with Crippen molar-refractivity contribution in [3.8, 4) is 0 Å². The number of fused-ring (bicyclic) bond motifs is 2. The van der Waals surface area contributed by atoms with Crippen LogP contribution in [0.4, 0.5) is 0 Å². The predicted molar refractivity (Wildman–Crippen MR) is 106 cm³/mol. The zero-order valence-corrected chi connectivity index (χ0v) is 15.7. The highest BCUT2D eigenvalue weighted by Gasteiger charge is 2.23. The fraction of sp³-hybridized carbons (Fsp3) is 0.333. The molecule has 4 heteroatoms. The highest BCUT2D eigenvalue weighted by molar-refractivity contribution is 7.18. The number of hydrogen-bond acceptors (Lipinski definition) is 3. The van der Waals surface area contributed by atoms with E-state index in [1.165, 1.54) is 15.3 Å². The Labute approximate surface area is 152 Å². The molecule has 0 aliphatic heterocycles. The van der Waals surface area contributed by atoms with Crippen LogP contribution in [0.5, 0.6) is 0 Å². The van der Waals surface area contributed by atoms with Crippen molar-refractivity contribution in [2.45, 2.75) is 44.9 Å². The van der Waals surface area contributed by atoms with E-state index >= 15 is 0 Å². The molecule has 4 rings (SSSR count). The van der Waals surface area contributed by atoms with Crippen LogP contribution in [-0.4, -0.2) is 15.0 Å². The molecule has 0 saturated heterocycles. The van der Waals surface area contributed by atoms with Crippen LogP contribution in [0, 0.1) is 0 Å². The molecule has 0 saturated carbocycles. The largest absolute Gasteiger partial charge is 0.345 e. The Kier molecular flexibility index (Phi) is 4.08. The third-order valence-electron chi connectivity index (χ3n) is 5.14. The molecule has 4 aromatic rings. The van der Waals surface area contributed by atoms with Crippen molar-refractivity contribution in [3.05, 3.63) is 59.4 Å². The van der Waals surface area contributed by atoms with Gasteiger partial charge >= 0.3 is 0 Å². The first-order chi connectivity index (χ1) is 12.0. The summed E-state index contributed by atoms with van der Waals surface area (Å²) in [4.78, 5) is 12.4. The average molecular weight is 350 g/mol. The maximum absolute atomic E-state index is 4.82. The number of H-pyrrole nitrogens is 1. The number of nitrogens with zero attached hydrogens (tertiary/aromatic N) is 2. The first-order valence-corrected chi connectivity index (χ1v) is 9.64. The molecule has 0 radical (unpaired) electrons. The van der Waals surface area contributed by atoms with Gasteiger partial charge in [-0.05, 0) is 48.1 Å². The van der Waals surface area contributed by atoms with Crippen molar-refractivity contribution >= 4 is 32.6 Å². The normalized spacial score (nSPS) is 13.6.